The van der Waals surface area contributed by atoms with Crippen LogP contribution in [0.4, 0.5) is 5.69 Å². The molecule has 0 aliphatic heterocycles. The highest BCUT2D eigenvalue weighted by Gasteiger charge is 2.23. The second-order valence-corrected chi connectivity index (χ2v) is 7.71. The quantitative estimate of drug-likeness (QED) is 0.631. The average Bonchev–Trinajstić information content (AvgIpc) is 2.75. The second-order valence-electron chi connectivity index (χ2n) is 7.71. The predicted molar refractivity (Wildman–Crippen MR) is 124 cm³/mol. The third kappa shape index (κ3) is 4.61. The predicted octanol–water partition coefficient (Wildman–Crippen LogP) is 4.98. The van der Waals surface area contributed by atoms with E-state index in [1.807, 2.05) is 37.6 Å². The molecule has 1 heterocycles. The molecule has 164 valence electrons. The van der Waals surface area contributed by atoms with Crippen molar-refractivity contribution in [3.63, 3.8) is 0 Å². The third-order valence-corrected chi connectivity index (χ3v) is 5.99. The smallest absolute Gasteiger partial charge is 0.261 e. The third-order valence-electron chi connectivity index (χ3n) is 5.99. The molecule has 0 fully saturated rings. The van der Waals surface area contributed by atoms with Gasteiger partial charge in [-0.25, -0.2) is 0 Å². The standard InChI is InChI=1S/C25H36N2O3/c1-8-12-13-21-22(24(28)20(11-4)16(5)27(21)6)25(29)26-23-17(9-2)14-19(30-7)15-18(23)10-3/h14-15H,8-13H2,1-7H3,(H,26,29). The number of nitrogens with zero attached hydrogens (tertiary/aromatic N) is 1. The maximum atomic E-state index is 13.5. The molecule has 0 aliphatic carbocycles. The number of hydrogen-bond acceptors (Lipinski definition) is 3. The van der Waals surface area contributed by atoms with E-state index in [2.05, 4.69) is 26.1 Å². The largest absolute Gasteiger partial charge is 0.497 e. The summed E-state index contributed by atoms with van der Waals surface area (Å²) in [7, 11) is 3.60. The number of anilines is 1. The van der Waals surface area contributed by atoms with Crippen molar-refractivity contribution in [3.8, 4) is 5.75 Å². The second kappa shape index (κ2) is 10.5. The number of amides is 1. The molecule has 0 radical (unpaired) electrons. The number of hydrogen-bond donors (Lipinski definition) is 1. The van der Waals surface area contributed by atoms with Gasteiger partial charge >= 0.3 is 0 Å². The first kappa shape index (κ1) is 23.7. The van der Waals surface area contributed by atoms with Crippen LogP contribution in [0.1, 0.15) is 79.0 Å². The molecule has 1 amide bonds. The van der Waals surface area contributed by atoms with Gasteiger partial charge in [0.05, 0.1) is 7.11 Å². The van der Waals surface area contributed by atoms with Crippen molar-refractivity contribution in [1.29, 1.82) is 0 Å². The molecule has 0 unspecified atom stereocenters. The van der Waals surface area contributed by atoms with Crippen LogP contribution in [0.5, 0.6) is 5.75 Å². The maximum Gasteiger partial charge on any atom is 0.261 e. The van der Waals surface area contributed by atoms with Gasteiger partial charge in [0.1, 0.15) is 11.3 Å². The lowest BCUT2D eigenvalue weighted by atomic mass is 9.98. The highest BCUT2D eigenvalue weighted by Crippen LogP contribution is 2.29. The zero-order chi connectivity index (χ0) is 22.4. The summed E-state index contributed by atoms with van der Waals surface area (Å²) in [6.45, 7) is 10.1. The number of carbonyl (C=O) groups excluding carboxylic acids is 1. The molecule has 1 N–H and O–H groups in total. The Morgan fingerprint density at radius 2 is 1.67 bits per heavy atom. The Bertz CT molecular complexity index is 948. The Morgan fingerprint density at radius 1 is 1.07 bits per heavy atom. The summed E-state index contributed by atoms with van der Waals surface area (Å²) in [6.07, 6.45) is 4.77. The molecule has 0 saturated carbocycles. The van der Waals surface area contributed by atoms with E-state index in [0.29, 0.717) is 18.4 Å². The minimum absolute atomic E-state index is 0.138. The fourth-order valence-electron chi connectivity index (χ4n) is 4.05. The monoisotopic (exact) mass is 412 g/mol. The zero-order valence-electron chi connectivity index (χ0n) is 19.6. The van der Waals surface area contributed by atoms with E-state index >= 15 is 0 Å². The number of carbonyl (C=O) groups is 1. The van der Waals surface area contributed by atoms with Crippen molar-refractivity contribution in [2.75, 3.05) is 12.4 Å². The number of rotatable bonds is 9. The van der Waals surface area contributed by atoms with E-state index in [1.54, 1.807) is 7.11 Å². The van der Waals surface area contributed by atoms with Gasteiger partial charge in [-0.05, 0) is 62.3 Å². The number of pyridine rings is 1. The molecule has 1 aromatic carbocycles. The number of ether oxygens (including phenoxy) is 1. The Labute approximate surface area is 180 Å². The van der Waals surface area contributed by atoms with Gasteiger partial charge in [-0.2, -0.15) is 0 Å². The van der Waals surface area contributed by atoms with Gasteiger partial charge in [-0.15, -0.1) is 0 Å². The van der Waals surface area contributed by atoms with Crippen molar-refractivity contribution in [2.45, 2.75) is 73.1 Å². The van der Waals surface area contributed by atoms with E-state index in [9.17, 15) is 9.59 Å². The molecule has 1 aromatic heterocycles. The number of methoxy groups -OCH3 is 1. The lowest BCUT2D eigenvalue weighted by Crippen LogP contribution is -2.31. The zero-order valence-corrected chi connectivity index (χ0v) is 19.6. The van der Waals surface area contributed by atoms with E-state index < -0.39 is 0 Å². The molecule has 30 heavy (non-hydrogen) atoms. The van der Waals surface area contributed by atoms with Crippen LogP contribution in [-0.2, 0) is 32.7 Å². The summed E-state index contributed by atoms with van der Waals surface area (Å²) in [5.41, 5.74) is 5.44. The SMILES string of the molecule is CCCCc1c(C(=O)Nc2c(CC)cc(OC)cc2CC)c(=O)c(CC)c(C)n1C. The summed E-state index contributed by atoms with van der Waals surface area (Å²) < 4.78 is 7.45. The fraction of sp³-hybridized carbons (Fsp3) is 0.520. The Kier molecular flexibility index (Phi) is 8.27. The molecule has 0 saturated heterocycles. The minimum Gasteiger partial charge on any atom is -0.497 e. The van der Waals surface area contributed by atoms with E-state index in [4.69, 9.17) is 4.74 Å². The maximum absolute atomic E-state index is 13.5. The molecule has 5 heteroatoms. The van der Waals surface area contributed by atoms with Crippen LogP contribution < -0.4 is 15.5 Å². The van der Waals surface area contributed by atoms with E-state index in [0.717, 1.165) is 59.6 Å². The van der Waals surface area contributed by atoms with Gasteiger partial charge in [-0.1, -0.05) is 34.1 Å². The van der Waals surface area contributed by atoms with Crippen molar-refractivity contribution in [3.05, 3.63) is 56.0 Å². The molecular weight excluding hydrogens is 376 g/mol. The van der Waals surface area contributed by atoms with Gasteiger partial charge in [0.15, 0.2) is 5.43 Å². The molecular formula is C25H36N2O3. The lowest BCUT2D eigenvalue weighted by molar-refractivity contribution is 0.102. The summed E-state index contributed by atoms with van der Waals surface area (Å²) in [5.74, 6) is 0.468. The van der Waals surface area contributed by atoms with E-state index in [-0.39, 0.29) is 16.9 Å². The van der Waals surface area contributed by atoms with Crippen LogP contribution in [0.2, 0.25) is 0 Å². The Balaban J connectivity index is 2.64. The normalized spacial score (nSPS) is 10.9. The number of unbranched alkanes of at least 4 members (excludes halogenated alkanes) is 1. The summed E-state index contributed by atoms with van der Waals surface area (Å²) >= 11 is 0. The van der Waals surface area contributed by atoms with Crippen molar-refractivity contribution < 1.29 is 9.53 Å². The van der Waals surface area contributed by atoms with Gasteiger partial charge in [-0.3, -0.25) is 9.59 Å². The van der Waals surface area contributed by atoms with Crippen LogP contribution in [0.3, 0.4) is 0 Å². The van der Waals surface area contributed by atoms with Crippen molar-refractivity contribution in [2.24, 2.45) is 7.05 Å². The Morgan fingerprint density at radius 3 is 2.13 bits per heavy atom. The van der Waals surface area contributed by atoms with Crippen LogP contribution in [-0.4, -0.2) is 17.6 Å². The first-order valence-electron chi connectivity index (χ1n) is 11.1. The highest BCUT2D eigenvalue weighted by molar-refractivity contribution is 6.06. The summed E-state index contributed by atoms with van der Waals surface area (Å²) in [4.78, 5) is 26.8. The van der Waals surface area contributed by atoms with Crippen LogP contribution in [0.15, 0.2) is 16.9 Å². The number of aromatic nitrogens is 1. The first-order valence-corrected chi connectivity index (χ1v) is 11.1. The summed E-state index contributed by atoms with van der Waals surface area (Å²) in [6, 6.07) is 3.91. The summed E-state index contributed by atoms with van der Waals surface area (Å²) in [5, 5.41) is 3.10. The van der Waals surface area contributed by atoms with Crippen molar-refractivity contribution >= 4 is 11.6 Å². The van der Waals surface area contributed by atoms with Crippen LogP contribution in [0, 0.1) is 6.92 Å². The van der Waals surface area contributed by atoms with Gasteiger partial charge < -0.3 is 14.6 Å². The molecule has 2 aromatic rings. The average molecular weight is 413 g/mol. The molecule has 0 aliphatic rings. The molecule has 0 atom stereocenters. The topological polar surface area (TPSA) is 60.3 Å². The highest BCUT2D eigenvalue weighted by atomic mass is 16.5. The Hall–Kier alpha value is -2.56. The van der Waals surface area contributed by atoms with E-state index in [1.165, 1.54) is 0 Å². The number of benzene rings is 1. The molecule has 0 spiro atoms. The molecule has 5 nitrogen and oxygen atoms in total. The van der Waals surface area contributed by atoms with Gasteiger partial charge in [0.2, 0.25) is 0 Å². The fourth-order valence-corrected chi connectivity index (χ4v) is 4.05. The van der Waals surface area contributed by atoms with Gasteiger partial charge in [0, 0.05) is 29.7 Å². The van der Waals surface area contributed by atoms with Crippen LogP contribution in [0.25, 0.3) is 0 Å². The minimum atomic E-state index is -0.314. The first-order chi connectivity index (χ1) is 14.3. The van der Waals surface area contributed by atoms with Crippen LogP contribution >= 0.6 is 0 Å². The number of aryl methyl sites for hydroxylation is 2. The van der Waals surface area contributed by atoms with Crippen molar-refractivity contribution in [1.82, 2.24) is 4.57 Å². The number of nitrogens with one attached hydrogen (secondary N) is 1. The molecule has 0 bridgehead atoms. The molecule has 2 rings (SSSR count). The van der Waals surface area contributed by atoms with Gasteiger partial charge in [0.25, 0.3) is 5.91 Å². The lowest BCUT2D eigenvalue weighted by Gasteiger charge is -2.21.